The fraction of sp³-hybridized carbons (Fsp3) is 0.167. The van der Waals surface area contributed by atoms with Gasteiger partial charge in [-0.25, -0.2) is 4.79 Å². The molecule has 3 N–H and O–H groups in total. The number of amides is 1. The second kappa shape index (κ2) is 8.35. The number of hydrogen-bond acceptors (Lipinski definition) is 4. The summed E-state index contributed by atoms with van der Waals surface area (Å²) in [6, 6.07) is 14.7. The summed E-state index contributed by atoms with van der Waals surface area (Å²) in [5.74, 6) is 6.38. The molecule has 2 rings (SSSR count). The molecule has 0 radical (unpaired) electrons. The van der Waals surface area contributed by atoms with Gasteiger partial charge in [-0.2, -0.15) is 0 Å². The topological polar surface area (TPSA) is 73.6 Å². The van der Waals surface area contributed by atoms with Crippen LogP contribution < -0.4 is 15.8 Å². The molecule has 118 valence electrons. The normalized spacial score (nSPS) is 9.43. The number of alkyl carbamates (subject to hydrolysis) is 1. The Balaban J connectivity index is 1.81. The molecule has 1 amide bonds. The second-order valence-electron chi connectivity index (χ2n) is 4.68. The number of carbonyl (C=O) groups is 1. The van der Waals surface area contributed by atoms with Gasteiger partial charge in [0, 0.05) is 5.69 Å². The van der Waals surface area contributed by atoms with Crippen LogP contribution in [0.1, 0.15) is 11.1 Å². The van der Waals surface area contributed by atoms with Crippen molar-refractivity contribution in [2.75, 3.05) is 19.4 Å². The van der Waals surface area contributed by atoms with Crippen LogP contribution in [0.2, 0.25) is 0 Å². The average Bonchev–Trinajstić information content (AvgIpc) is 2.58. The molecular weight excluding hydrogens is 292 g/mol. The molecule has 0 spiro atoms. The van der Waals surface area contributed by atoms with Crippen LogP contribution in [0.5, 0.6) is 5.75 Å². The maximum atomic E-state index is 11.6. The van der Waals surface area contributed by atoms with E-state index in [0.717, 1.165) is 5.56 Å². The lowest BCUT2D eigenvalue weighted by molar-refractivity contribution is 0.141. The van der Waals surface area contributed by atoms with E-state index in [1.54, 1.807) is 25.3 Å². The maximum absolute atomic E-state index is 11.6. The Bertz CT molecular complexity index is 718. The summed E-state index contributed by atoms with van der Waals surface area (Å²) in [6.07, 6.45) is -0.511. The first kappa shape index (κ1) is 16.2. The van der Waals surface area contributed by atoms with Crippen LogP contribution in [0.3, 0.4) is 0 Å². The number of carbonyl (C=O) groups excluding carboxylic acids is 1. The van der Waals surface area contributed by atoms with E-state index in [-0.39, 0.29) is 13.2 Å². The summed E-state index contributed by atoms with van der Waals surface area (Å²) < 4.78 is 10.3. The molecule has 2 aromatic rings. The average molecular weight is 310 g/mol. The van der Waals surface area contributed by atoms with Gasteiger partial charge in [0.2, 0.25) is 0 Å². The molecule has 0 aliphatic carbocycles. The molecule has 0 heterocycles. The molecule has 23 heavy (non-hydrogen) atoms. The lowest BCUT2D eigenvalue weighted by atomic mass is 10.2. The molecule has 2 aromatic carbocycles. The Kier molecular flexibility index (Phi) is 5.89. The summed E-state index contributed by atoms with van der Waals surface area (Å²) in [5.41, 5.74) is 7.92. The zero-order valence-corrected chi connectivity index (χ0v) is 12.8. The van der Waals surface area contributed by atoms with Crippen molar-refractivity contribution in [2.24, 2.45) is 0 Å². The number of anilines is 1. The smallest absolute Gasteiger partial charge is 0.408 e. The molecule has 5 nitrogen and oxygen atoms in total. The standard InChI is InChI=1S/C18H18N2O3/c1-22-17-10-9-16(19)12-15(17)8-5-11-20-18(21)23-13-14-6-3-2-4-7-14/h2-4,6-7,9-10,12H,11,13,19H2,1H3,(H,20,21). The van der Waals surface area contributed by atoms with Crippen molar-refractivity contribution in [2.45, 2.75) is 6.61 Å². The highest BCUT2D eigenvalue weighted by atomic mass is 16.5. The van der Waals surface area contributed by atoms with Crippen molar-refractivity contribution in [3.05, 3.63) is 59.7 Å². The number of rotatable bonds is 4. The van der Waals surface area contributed by atoms with Gasteiger partial charge in [-0.1, -0.05) is 42.2 Å². The van der Waals surface area contributed by atoms with Crippen molar-refractivity contribution in [1.29, 1.82) is 0 Å². The predicted molar refractivity (Wildman–Crippen MR) is 88.9 cm³/mol. The van der Waals surface area contributed by atoms with Crippen LogP contribution in [0.15, 0.2) is 48.5 Å². The Morgan fingerprint density at radius 2 is 2.00 bits per heavy atom. The van der Waals surface area contributed by atoms with E-state index in [1.165, 1.54) is 0 Å². The summed E-state index contributed by atoms with van der Waals surface area (Å²) in [4.78, 5) is 11.6. The van der Waals surface area contributed by atoms with E-state index in [1.807, 2.05) is 30.3 Å². The number of methoxy groups -OCH3 is 1. The van der Waals surface area contributed by atoms with Crippen LogP contribution in [-0.4, -0.2) is 19.7 Å². The first-order valence-electron chi connectivity index (χ1n) is 7.06. The number of benzene rings is 2. The van der Waals surface area contributed by atoms with Gasteiger partial charge in [-0.05, 0) is 23.8 Å². The van der Waals surface area contributed by atoms with Gasteiger partial charge in [0.15, 0.2) is 0 Å². The van der Waals surface area contributed by atoms with E-state index in [4.69, 9.17) is 15.2 Å². The monoisotopic (exact) mass is 310 g/mol. The molecule has 0 aliphatic heterocycles. The minimum absolute atomic E-state index is 0.172. The molecule has 0 atom stereocenters. The van der Waals surface area contributed by atoms with Crippen LogP contribution in [0, 0.1) is 11.8 Å². The van der Waals surface area contributed by atoms with Gasteiger partial charge in [-0.3, -0.25) is 0 Å². The predicted octanol–water partition coefficient (Wildman–Crippen LogP) is 2.56. The van der Waals surface area contributed by atoms with E-state index in [2.05, 4.69) is 17.2 Å². The molecule has 0 aromatic heterocycles. The highest BCUT2D eigenvalue weighted by Crippen LogP contribution is 2.19. The Morgan fingerprint density at radius 3 is 2.74 bits per heavy atom. The van der Waals surface area contributed by atoms with Crippen LogP contribution in [0.25, 0.3) is 0 Å². The highest BCUT2D eigenvalue weighted by molar-refractivity contribution is 5.67. The summed E-state index contributed by atoms with van der Waals surface area (Å²) in [7, 11) is 1.57. The van der Waals surface area contributed by atoms with Crippen molar-refractivity contribution >= 4 is 11.8 Å². The third-order valence-corrected chi connectivity index (χ3v) is 2.98. The van der Waals surface area contributed by atoms with Gasteiger partial charge in [0.1, 0.15) is 12.4 Å². The van der Waals surface area contributed by atoms with E-state index in [0.29, 0.717) is 17.0 Å². The number of ether oxygens (including phenoxy) is 2. The van der Waals surface area contributed by atoms with Gasteiger partial charge < -0.3 is 20.5 Å². The second-order valence-corrected chi connectivity index (χ2v) is 4.68. The first-order chi connectivity index (χ1) is 11.2. The molecule has 0 saturated heterocycles. The van der Waals surface area contributed by atoms with Crippen molar-refractivity contribution in [3.63, 3.8) is 0 Å². The van der Waals surface area contributed by atoms with Crippen molar-refractivity contribution < 1.29 is 14.3 Å². The minimum Gasteiger partial charge on any atom is -0.495 e. The zero-order chi connectivity index (χ0) is 16.5. The summed E-state index contributed by atoms with van der Waals surface area (Å²) in [5, 5.41) is 2.57. The van der Waals surface area contributed by atoms with Gasteiger partial charge in [0.05, 0.1) is 19.2 Å². The molecule has 0 bridgehead atoms. The van der Waals surface area contributed by atoms with Gasteiger partial charge in [-0.15, -0.1) is 0 Å². The number of nitrogens with one attached hydrogen (secondary N) is 1. The first-order valence-corrected chi connectivity index (χ1v) is 7.06. The molecule has 0 unspecified atom stereocenters. The van der Waals surface area contributed by atoms with Crippen molar-refractivity contribution in [3.8, 4) is 17.6 Å². The summed E-state index contributed by atoms with van der Waals surface area (Å²) >= 11 is 0. The molecule has 0 saturated carbocycles. The fourth-order valence-electron chi connectivity index (χ4n) is 1.85. The van der Waals surface area contributed by atoms with E-state index < -0.39 is 6.09 Å². The third-order valence-electron chi connectivity index (χ3n) is 2.98. The third kappa shape index (κ3) is 5.29. The number of hydrogen-bond donors (Lipinski definition) is 2. The SMILES string of the molecule is COc1ccc(N)cc1C#CCNC(=O)OCc1ccccc1. The highest BCUT2D eigenvalue weighted by Gasteiger charge is 2.01. The van der Waals surface area contributed by atoms with Gasteiger partial charge in [0.25, 0.3) is 0 Å². The maximum Gasteiger partial charge on any atom is 0.408 e. The Hall–Kier alpha value is -3.13. The van der Waals surface area contributed by atoms with E-state index in [9.17, 15) is 4.79 Å². The molecular formula is C18H18N2O3. The quantitative estimate of drug-likeness (QED) is 0.672. The lowest BCUT2D eigenvalue weighted by Gasteiger charge is -2.05. The van der Waals surface area contributed by atoms with Gasteiger partial charge >= 0.3 is 6.09 Å². The van der Waals surface area contributed by atoms with Crippen molar-refractivity contribution in [1.82, 2.24) is 5.32 Å². The minimum atomic E-state index is -0.511. The lowest BCUT2D eigenvalue weighted by Crippen LogP contribution is -2.24. The molecule has 5 heteroatoms. The summed E-state index contributed by atoms with van der Waals surface area (Å²) in [6.45, 7) is 0.398. The Labute approximate surface area is 135 Å². The molecule has 0 aliphatic rings. The van der Waals surface area contributed by atoms with Crippen LogP contribution >= 0.6 is 0 Å². The fourth-order valence-corrected chi connectivity index (χ4v) is 1.85. The van der Waals surface area contributed by atoms with Crippen LogP contribution in [-0.2, 0) is 11.3 Å². The number of nitrogens with two attached hydrogens (primary N) is 1. The van der Waals surface area contributed by atoms with Crippen LogP contribution in [0.4, 0.5) is 10.5 Å². The zero-order valence-electron chi connectivity index (χ0n) is 12.8. The largest absolute Gasteiger partial charge is 0.495 e. The van der Waals surface area contributed by atoms with E-state index >= 15 is 0 Å². The number of nitrogen functional groups attached to an aromatic ring is 1. The molecule has 0 fully saturated rings. The Morgan fingerprint density at radius 1 is 1.22 bits per heavy atom.